The van der Waals surface area contributed by atoms with Crippen LogP contribution in [0, 0.1) is 18.8 Å². The van der Waals surface area contributed by atoms with E-state index in [-0.39, 0.29) is 0 Å². The molecular formula is C11H23O+. The van der Waals surface area contributed by atoms with E-state index < -0.39 is 0 Å². The van der Waals surface area contributed by atoms with Gasteiger partial charge in [0, 0.05) is 6.61 Å². The summed E-state index contributed by atoms with van der Waals surface area (Å²) in [7, 11) is 0. The van der Waals surface area contributed by atoms with Crippen LogP contribution >= 0.6 is 0 Å². The molecule has 12 heavy (non-hydrogen) atoms. The van der Waals surface area contributed by atoms with Gasteiger partial charge < -0.3 is 5.11 Å². The van der Waals surface area contributed by atoms with Crippen molar-refractivity contribution in [2.24, 2.45) is 11.8 Å². The molecule has 0 aliphatic rings. The van der Waals surface area contributed by atoms with Crippen molar-refractivity contribution in [3.8, 4) is 0 Å². The summed E-state index contributed by atoms with van der Waals surface area (Å²) in [5, 5.41) is 8.89. The quantitative estimate of drug-likeness (QED) is 0.584. The van der Waals surface area contributed by atoms with Gasteiger partial charge in [-0.3, -0.25) is 0 Å². The van der Waals surface area contributed by atoms with Gasteiger partial charge in [0.15, 0.2) is 0 Å². The third-order valence-electron chi connectivity index (χ3n) is 2.49. The van der Waals surface area contributed by atoms with Crippen LogP contribution in [0.3, 0.4) is 0 Å². The van der Waals surface area contributed by atoms with Crippen LogP contribution < -0.4 is 0 Å². The summed E-state index contributed by atoms with van der Waals surface area (Å²) in [5.41, 5.74) is 0. The maximum atomic E-state index is 8.89. The van der Waals surface area contributed by atoms with Crippen molar-refractivity contribution in [2.45, 2.75) is 46.0 Å². The first kappa shape index (κ1) is 11.8. The molecule has 2 atom stereocenters. The monoisotopic (exact) mass is 171 g/mol. The van der Waals surface area contributed by atoms with Crippen LogP contribution in [0.1, 0.15) is 46.0 Å². The molecule has 0 amide bonds. The van der Waals surface area contributed by atoms with Crippen molar-refractivity contribution in [1.82, 2.24) is 0 Å². The molecule has 0 aromatic carbocycles. The fraction of sp³-hybridized carbons (Fsp3) is 0.909. The fourth-order valence-electron chi connectivity index (χ4n) is 1.57. The third-order valence-corrected chi connectivity index (χ3v) is 2.49. The Kier molecular flexibility index (Phi) is 7.37. The van der Waals surface area contributed by atoms with E-state index in [0.717, 1.165) is 12.3 Å². The van der Waals surface area contributed by atoms with Crippen molar-refractivity contribution >= 4 is 0 Å². The third kappa shape index (κ3) is 5.48. The van der Waals surface area contributed by atoms with E-state index in [0.29, 0.717) is 12.5 Å². The molecule has 0 radical (unpaired) electrons. The first-order valence-electron chi connectivity index (χ1n) is 5.14. The predicted molar refractivity (Wildman–Crippen MR) is 53.9 cm³/mol. The minimum Gasteiger partial charge on any atom is -0.396 e. The van der Waals surface area contributed by atoms with Gasteiger partial charge in [-0.25, -0.2) is 0 Å². The average Bonchev–Trinajstić information content (AvgIpc) is 2.11. The summed E-state index contributed by atoms with van der Waals surface area (Å²) < 4.78 is 0. The van der Waals surface area contributed by atoms with E-state index in [2.05, 4.69) is 20.8 Å². The predicted octanol–water partition coefficient (Wildman–Crippen LogP) is 3.04. The lowest BCUT2D eigenvalue weighted by Crippen LogP contribution is -2.08. The molecule has 0 aromatic heterocycles. The zero-order valence-electron chi connectivity index (χ0n) is 8.55. The molecule has 0 bridgehead atoms. The van der Waals surface area contributed by atoms with Gasteiger partial charge in [-0.15, -0.1) is 0 Å². The number of hydrogen-bond acceptors (Lipinski definition) is 1. The largest absolute Gasteiger partial charge is 0.396 e. The normalized spacial score (nSPS) is 15.9. The molecule has 1 N–H and O–H groups in total. The standard InChI is InChI=1S/C11H23O/c1-4-6-7-11(5-2)8-10(3)9-12/h10-12H,1,4-9H2,2-3H3/q+1. The summed E-state index contributed by atoms with van der Waals surface area (Å²) in [5.74, 6) is 1.27. The highest BCUT2D eigenvalue weighted by molar-refractivity contribution is 4.62. The number of aliphatic hydroxyl groups excluding tert-OH is 1. The topological polar surface area (TPSA) is 20.2 Å². The summed E-state index contributed by atoms with van der Waals surface area (Å²) in [6, 6.07) is 0. The van der Waals surface area contributed by atoms with Crippen molar-refractivity contribution in [2.75, 3.05) is 6.61 Å². The Labute approximate surface area is 77.2 Å². The minimum absolute atomic E-state index is 0.334. The Hall–Kier alpha value is -0.170. The molecular weight excluding hydrogens is 148 g/mol. The number of aliphatic hydroxyl groups is 1. The van der Waals surface area contributed by atoms with Gasteiger partial charge in [-0.05, 0) is 31.1 Å². The Morgan fingerprint density at radius 2 is 2.08 bits per heavy atom. The van der Waals surface area contributed by atoms with Crippen LogP contribution in [0.5, 0.6) is 0 Å². The second kappa shape index (κ2) is 7.48. The molecule has 0 aliphatic carbocycles. The van der Waals surface area contributed by atoms with Crippen LogP contribution in [0.2, 0.25) is 0 Å². The molecule has 0 saturated carbocycles. The second-order valence-electron chi connectivity index (χ2n) is 3.79. The van der Waals surface area contributed by atoms with E-state index in [9.17, 15) is 0 Å². The van der Waals surface area contributed by atoms with Crippen LogP contribution in [0.15, 0.2) is 0 Å². The van der Waals surface area contributed by atoms with Crippen molar-refractivity contribution in [3.05, 3.63) is 6.92 Å². The SMILES string of the molecule is [CH2+]CCCC(CC)CC(C)CO. The van der Waals surface area contributed by atoms with E-state index >= 15 is 0 Å². The molecule has 72 valence electrons. The second-order valence-corrected chi connectivity index (χ2v) is 3.79. The van der Waals surface area contributed by atoms with E-state index in [4.69, 9.17) is 5.11 Å². The van der Waals surface area contributed by atoms with E-state index in [1.807, 2.05) is 0 Å². The fourth-order valence-corrected chi connectivity index (χ4v) is 1.57. The maximum Gasteiger partial charge on any atom is 0.0850 e. The Morgan fingerprint density at radius 1 is 1.42 bits per heavy atom. The lowest BCUT2D eigenvalue weighted by atomic mass is 9.90. The van der Waals surface area contributed by atoms with Crippen molar-refractivity contribution in [1.29, 1.82) is 0 Å². The minimum atomic E-state index is 0.334. The summed E-state index contributed by atoms with van der Waals surface area (Å²) in [4.78, 5) is 0. The van der Waals surface area contributed by atoms with Crippen LogP contribution in [0.25, 0.3) is 0 Å². The maximum absolute atomic E-state index is 8.89. The van der Waals surface area contributed by atoms with Crippen LogP contribution in [-0.2, 0) is 0 Å². The Bertz CT molecular complexity index is 91.0. The zero-order valence-corrected chi connectivity index (χ0v) is 8.55. The molecule has 0 rings (SSSR count). The molecule has 0 spiro atoms. The zero-order chi connectivity index (χ0) is 9.40. The number of rotatable bonds is 7. The van der Waals surface area contributed by atoms with Crippen molar-refractivity contribution in [3.63, 3.8) is 0 Å². The number of unbranched alkanes of at least 4 members (excludes halogenated alkanes) is 1. The molecule has 0 saturated heterocycles. The Morgan fingerprint density at radius 3 is 2.50 bits per heavy atom. The van der Waals surface area contributed by atoms with Gasteiger partial charge in [0.1, 0.15) is 0 Å². The van der Waals surface area contributed by atoms with Crippen LogP contribution in [0.4, 0.5) is 0 Å². The summed E-state index contributed by atoms with van der Waals surface area (Å²) in [6.45, 7) is 8.53. The highest BCUT2D eigenvalue weighted by Crippen LogP contribution is 2.20. The first-order valence-corrected chi connectivity index (χ1v) is 5.14. The highest BCUT2D eigenvalue weighted by atomic mass is 16.3. The van der Waals surface area contributed by atoms with E-state index in [1.54, 1.807) is 0 Å². The first-order chi connectivity index (χ1) is 5.74. The number of hydrogen-bond donors (Lipinski definition) is 1. The lowest BCUT2D eigenvalue weighted by Gasteiger charge is -2.17. The van der Waals surface area contributed by atoms with Crippen molar-refractivity contribution < 1.29 is 5.11 Å². The average molecular weight is 171 g/mol. The molecule has 0 aromatic rings. The summed E-state index contributed by atoms with van der Waals surface area (Å²) >= 11 is 0. The van der Waals surface area contributed by atoms with Gasteiger partial charge in [0.25, 0.3) is 0 Å². The molecule has 2 unspecified atom stereocenters. The molecule has 0 fully saturated rings. The lowest BCUT2D eigenvalue weighted by molar-refractivity contribution is 0.207. The summed E-state index contributed by atoms with van der Waals surface area (Å²) in [6.07, 6.45) is 5.97. The highest BCUT2D eigenvalue weighted by Gasteiger charge is 2.10. The van der Waals surface area contributed by atoms with Gasteiger partial charge in [0.2, 0.25) is 0 Å². The van der Waals surface area contributed by atoms with Gasteiger partial charge in [0.05, 0.1) is 13.3 Å². The molecule has 1 nitrogen and oxygen atoms in total. The smallest absolute Gasteiger partial charge is 0.0850 e. The Balaban J connectivity index is 3.51. The molecule has 0 aliphatic heterocycles. The van der Waals surface area contributed by atoms with Gasteiger partial charge in [-0.1, -0.05) is 20.3 Å². The molecule has 1 heteroatoms. The molecule has 0 heterocycles. The van der Waals surface area contributed by atoms with Crippen LogP contribution in [-0.4, -0.2) is 11.7 Å². The van der Waals surface area contributed by atoms with Gasteiger partial charge in [-0.2, -0.15) is 0 Å². The van der Waals surface area contributed by atoms with Gasteiger partial charge >= 0.3 is 0 Å². The van der Waals surface area contributed by atoms with E-state index in [1.165, 1.54) is 25.7 Å².